The van der Waals surface area contributed by atoms with Gasteiger partial charge in [0.15, 0.2) is 6.10 Å². The molecule has 0 saturated carbocycles. The van der Waals surface area contributed by atoms with Crippen molar-refractivity contribution in [2.45, 2.75) is 174 Å². The van der Waals surface area contributed by atoms with Crippen molar-refractivity contribution in [2.24, 2.45) is 5.73 Å². The van der Waals surface area contributed by atoms with Crippen molar-refractivity contribution in [1.29, 1.82) is 0 Å². The molecule has 276 valence electrons. The Morgan fingerprint density at radius 2 is 1.11 bits per heavy atom. The van der Waals surface area contributed by atoms with E-state index in [0.29, 0.717) is 12.8 Å². The summed E-state index contributed by atoms with van der Waals surface area (Å²) in [6.45, 7) is 2.70. The van der Waals surface area contributed by atoms with Crippen molar-refractivity contribution in [1.82, 2.24) is 0 Å². The van der Waals surface area contributed by atoms with Crippen LogP contribution in [0.2, 0.25) is 0 Å². The third kappa shape index (κ3) is 31.3. The third-order valence-electron chi connectivity index (χ3n) is 7.74. The molecule has 0 aliphatic carbocycles. The number of rotatable bonds is 34. The molecular formula is C35H66NO10P. The molecule has 0 amide bonds. The van der Waals surface area contributed by atoms with Gasteiger partial charge >= 0.3 is 25.7 Å². The van der Waals surface area contributed by atoms with Gasteiger partial charge in [0.05, 0.1) is 13.2 Å². The number of carboxylic acids is 1. The summed E-state index contributed by atoms with van der Waals surface area (Å²) in [5.41, 5.74) is 5.30. The van der Waals surface area contributed by atoms with Gasteiger partial charge in [-0.25, -0.2) is 4.57 Å². The molecule has 11 nitrogen and oxygen atoms in total. The maximum atomic E-state index is 12.5. The van der Waals surface area contributed by atoms with Gasteiger partial charge in [-0.2, -0.15) is 0 Å². The van der Waals surface area contributed by atoms with Crippen molar-refractivity contribution in [3.8, 4) is 0 Å². The van der Waals surface area contributed by atoms with Crippen molar-refractivity contribution >= 4 is 25.7 Å². The van der Waals surface area contributed by atoms with E-state index in [2.05, 4.69) is 30.5 Å². The van der Waals surface area contributed by atoms with Crippen LogP contribution in [0, 0.1) is 0 Å². The van der Waals surface area contributed by atoms with Crippen molar-refractivity contribution in [3.63, 3.8) is 0 Å². The number of hydrogen-bond acceptors (Lipinski definition) is 9. The average Bonchev–Trinajstić information content (AvgIpc) is 3.04. The molecule has 3 atom stereocenters. The predicted molar refractivity (Wildman–Crippen MR) is 185 cm³/mol. The number of ether oxygens (including phenoxy) is 2. The van der Waals surface area contributed by atoms with E-state index in [0.717, 1.165) is 64.2 Å². The van der Waals surface area contributed by atoms with E-state index in [1.807, 2.05) is 0 Å². The molecule has 0 heterocycles. The van der Waals surface area contributed by atoms with Gasteiger partial charge in [-0.1, -0.05) is 129 Å². The monoisotopic (exact) mass is 691 g/mol. The number of phosphoric acid groups is 1. The predicted octanol–water partition coefficient (Wildman–Crippen LogP) is 8.56. The standard InChI is InChI=1S/C35H66NO10P/c1-3-5-7-9-11-13-15-16-17-19-20-22-24-26-33(37)43-28-31(29-44-47(41,42)45-30-32(36)35(39)40)46-34(38)27-25-23-21-18-14-12-10-8-6-4-2/h8,10,31-32H,3-7,9,11-30,36H2,1-2H3,(H,39,40)(H,41,42)/b10-8-. The topological polar surface area (TPSA) is 172 Å². The van der Waals surface area contributed by atoms with Crippen molar-refractivity contribution < 1.29 is 47.5 Å². The second kappa shape index (κ2) is 31.5. The van der Waals surface area contributed by atoms with Crippen LogP contribution in [-0.2, 0) is 37.5 Å². The zero-order valence-electron chi connectivity index (χ0n) is 29.4. The average molecular weight is 692 g/mol. The maximum absolute atomic E-state index is 12.5. The van der Waals surface area contributed by atoms with E-state index < -0.39 is 51.1 Å². The number of allylic oxidation sites excluding steroid dienone is 2. The molecule has 0 aromatic rings. The minimum atomic E-state index is -4.70. The molecule has 12 heteroatoms. The lowest BCUT2D eigenvalue weighted by atomic mass is 10.0. The highest BCUT2D eigenvalue weighted by molar-refractivity contribution is 7.47. The Labute approximate surface area is 284 Å². The molecule has 3 unspecified atom stereocenters. The van der Waals surface area contributed by atoms with Gasteiger partial charge in [0.1, 0.15) is 12.6 Å². The number of nitrogens with two attached hydrogens (primary N) is 1. The molecule has 47 heavy (non-hydrogen) atoms. The molecule has 0 radical (unpaired) electrons. The fraction of sp³-hybridized carbons (Fsp3) is 0.857. The van der Waals surface area contributed by atoms with Crippen molar-refractivity contribution in [2.75, 3.05) is 19.8 Å². The number of carbonyl (C=O) groups is 3. The SMILES string of the molecule is CCC/C=C\CCCCCCCC(=O)OC(COC(=O)CCCCCCCCCCCCCCC)COP(=O)(O)OCC(N)C(=O)O. The van der Waals surface area contributed by atoms with Crippen LogP contribution in [0.25, 0.3) is 0 Å². The summed E-state index contributed by atoms with van der Waals surface area (Å²) >= 11 is 0. The molecule has 0 aliphatic heterocycles. The molecule has 0 saturated heterocycles. The van der Waals surface area contributed by atoms with E-state index in [1.165, 1.54) is 57.8 Å². The lowest BCUT2D eigenvalue weighted by Crippen LogP contribution is -2.34. The van der Waals surface area contributed by atoms with Gasteiger partial charge < -0.3 is 25.2 Å². The number of phosphoric ester groups is 1. The number of hydrogen-bond donors (Lipinski definition) is 3. The van der Waals surface area contributed by atoms with E-state index in [4.69, 9.17) is 24.8 Å². The Balaban J connectivity index is 4.44. The van der Waals surface area contributed by atoms with Gasteiger partial charge in [-0.05, 0) is 32.1 Å². The summed E-state index contributed by atoms with van der Waals surface area (Å²) in [5.74, 6) is -2.39. The van der Waals surface area contributed by atoms with Crippen LogP contribution in [0.15, 0.2) is 12.2 Å². The summed E-state index contributed by atoms with van der Waals surface area (Å²) < 4.78 is 32.5. The Kier molecular flexibility index (Phi) is 30.3. The normalized spacial score (nSPS) is 14.1. The Hall–Kier alpha value is -1.78. The Bertz CT molecular complexity index is 869. The number of carboxylic acid groups (broad SMARTS) is 1. The van der Waals surface area contributed by atoms with Crippen molar-refractivity contribution in [3.05, 3.63) is 12.2 Å². The summed E-state index contributed by atoms with van der Waals surface area (Å²) in [5, 5.41) is 8.84. The molecule has 0 aliphatic rings. The minimum absolute atomic E-state index is 0.153. The first kappa shape index (κ1) is 45.2. The molecule has 0 aromatic carbocycles. The highest BCUT2D eigenvalue weighted by Gasteiger charge is 2.28. The van der Waals surface area contributed by atoms with Gasteiger partial charge in [-0.15, -0.1) is 0 Å². The van der Waals surface area contributed by atoms with Crippen LogP contribution in [0.1, 0.15) is 162 Å². The first-order valence-corrected chi connectivity index (χ1v) is 19.7. The van der Waals surface area contributed by atoms with Gasteiger partial charge in [-0.3, -0.25) is 23.4 Å². The Morgan fingerprint density at radius 3 is 1.64 bits per heavy atom. The first-order valence-electron chi connectivity index (χ1n) is 18.2. The highest BCUT2D eigenvalue weighted by atomic mass is 31.2. The fourth-order valence-corrected chi connectivity index (χ4v) is 5.61. The van der Waals surface area contributed by atoms with Crippen LogP contribution in [-0.4, -0.2) is 59.9 Å². The van der Waals surface area contributed by atoms with Gasteiger partial charge in [0.2, 0.25) is 0 Å². The highest BCUT2D eigenvalue weighted by Crippen LogP contribution is 2.43. The summed E-state index contributed by atoms with van der Waals surface area (Å²) in [6.07, 6.45) is 27.2. The van der Waals surface area contributed by atoms with E-state index >= 15 is 0 Å². The van der Waals surface area contributed by atoms with Crippen LogP contribution >= 0.6 is 7.82 Å². The first-order chi connectivity index (χ1) is 22.6. The van der Waals surface area contributed by atoms with E-state index in [9.17, 15) is 23.8 Å². The summed E-state index contributed by atoms with van der Waals surface area (Å²) in [6, 6.07) is -1.52. The molecule has 0 rings (SSSR count). The fourth-order valence-electron chi connectivity index (χ4n) is 4.83. The number of esters is 2. The minimum Gasteiger partial charge on any atom is -0.480 e. The largest absolute Gasteiger partial charge is 0.480 e. The van der Waals surface area contributed by atoms with Gasteiger partial charge in [0.25, 0.3) is 0 Å². The lowest BCUT2D eigenvalue weighted by molar-refractivity contribution is -0.161. The second-order valence-electron chi connectivity index (χ2n) is 12.4. The van der Waals surface area contributed by atoms with Crippen LogP contribution in [0.3, 0.4) is 0 Å². The molecule has 0 spiro atoms. The second-order valence-corrected chi connectivity index (χ2v) is 13.8. The lowest BCUT2D eigenvalue weighted by Gasteiger charge is -2.20. The Morgan fingerprint density at radius 1 is 0.638 bits per heavy atom. The smallest absolute Gasteiger partial charge is 0.472 e. The summed E-state index contributed by atoms with van der Waals surface area (Å²) in [7, 11) is -4.70. The molecule has 4 N–H and O–H groups in total. The third-order valence-corrected chi connectivity index (χ3v) is 8.70. The molecule has 0 bridgehead atoms. The molecule has 0 aromatic heterocycles. The summed E-state index contributed by atoms with van der Waals surface area (Å²) in [4.78, 5) is 45.6. The quantitative estimate of drug-likeness (QED) is 0.0255. The van der Waals surface area contributed by atoms with Crippen LogP contribution in [0.5, 0.6) is 0 Å². The van der Waals surface area contributed by atoms with Gasteiger partial charge in [0, 0.05) is 12.8 Å². The van der Waals surface area contributed by atoms with E-state index in [-0.39, 0.29) is 19.4 Å². The molecular weight excluding hydrogens is 625 g/mol. The number of unbranched alkanes of at least 4 members (excludes halogenated alkanes) is 18. The number of aliphatic carboxylic acids is 1. The van der Waals surface area contributed by atoms with E-state index in [1.54, 1.807) is 0 Å². The zero-order chi connectivity index (χ0) is 35.0. The number of carbonyl (C=O) groups excluding carboxylic acids is 2. The van der Waals surface area contributed by atoms with Crippen LogP contribution < -0.4 is 5.73 Å². The van der Waals surface area contributed by atoms with Crippen LogP contribution in [0.4, 0.5) is 0 Å². The molecule has 0 fully saturated rings. The zero-order valence-corrected chi connectivity index (χ0v) is 30.3. The maximum Gasteiger partial charge on any atom is 0.472 e.